The summed E-state index contributed by atoms with van der Waals surface area (Å²) in [6.07, 6.45) is 3.70. The summed E-state index contributed by atoms with van der Waals surface area (Å²) in [5.41, 5.74) is 1.43. The van der Waals surface area contributed by atoms with Crippen LogP contribution in [0, 0.1) is 5.92 Å². The molecule has 8 heteroatoms. The van der Waals surface area contributed by atoms with Gasteiger partial charge in [-0.1, -0.05) is 0 Å². The van der Waals surface area contributed by atoms with E-state index in [4.69, 9.17) is 4.74 Å². The van der Waals surface area contributed by atoms with Gasteiger partial charge in [-0.15, -0.1) is 0 Å². The summed E-state index contributed by atoms with van der Waals surface area (Å²) < 4.78 is 5.45. The average Bonchev–Trinajstić information content (AvgIpc) is 2.70. The number of nitrogens with one attached hydrogen (secondary N) is 3. The van der Waals surface area contributed by atoms with Gasteiger partial charge in [0.1, 0.15) is 11.6 Å². The van der Waals surface area contributed by atoms with E-state index < -0.39 is 5.60 Å². The highest BCUT2D eigenvalue weighted by Gasteiger charge is 2.27. The first-order chi connectivity index (χ1) is 14.7. The maximum Gasteiger partial charge on any atom is 0.410 e. The van der Waals surface area contributed by atoms with Gasteiger partial charge in [-0.25, -0.2) is 4.79 Å². The Kier molecular flexibility index (Phi) is 7.41. The molecule has 0 aromatic heterocycles. The molecule has 3 amide bonds. The van der Waals surface area contributed by atoms with Crippen molar-refractivity contribution in [2.24, 2.45) is 5.92 Å². The minimum Gasteiger partial charge on any atom is -0.444 e. The Labute approximate surface area is 184 Å². The van der Waals surface area contributed by atoms with Crippen LogP contribution in [-0.4, -0.2) is 54.1 Å². The average molecular weight is 431 g/mol. The quantitative estimate of drug-likeness (QED) is 0.599. The highest BCUT2D eigenvalue weighted by Crippen LogP contribution is 2.23. The van der Waals surface area contributed by atoms with Crippen LogP contribution in [0.1, 0.15) is 52.9 Å². The molecule has 3 N–H and O–H groups in total. The van der Waals surface area contributed by atoms with Crippen LogP contribution < -0.4 is 16.0 Å². The number of hydrogen-bond donors (Lipinski definition) is 3. The number of piperidine rings is 2. The fraction of sp³-hybridized carbons (Fsp3) is 0.609. The highest BCUT2D eigenvalue weighted by molar-refractivity contribution is 6.01. The van der Waals surface area contributed by atoms with Crippen LogP contribution in [0.5, 0.6) is 0 Å². The van der Waals surface area contributed by atoms with E-state index in [-0.39, 0.29) is 23.9 Å². The number of ether oxygens (including phenoxy) is 1. The maximum absolute atomic E-state index is 12.2. The van der Waals surface area contributed by atoms with Crippen LogP contribution in [0.4, 0.5) is 16.2 Å². The van der Waals surface area contributed by atoms with Crippen LogP contribution in [0.25, 0.3) is 0 Å². The van der Waals surface area contributed by atoms with E-state index in [1.54, 1.807) is 0 Å². The molecule has 1 atom stereocenters. The molecule has 2 fully saturated rings. The summed E-state index contributed by atoms with van der Waals surface area (Å²) in [6.45, 7) is 8.04. The van der Waals surface area contributed by atoms with Crippen LogP contribution in [0.2, 0.25) is 0 Å². The molecule has 1 aromatic rings. The van der Waals surface area contributed by atoms with Gasteiger partial charge in [0.2, 0.25) is 11.8 Å². The first-order valence-corrected chi connectivity index (χ1v) is 11.1. The van der Waals surface area contributed by atoms with Gasteiger partial charge in [0, 0.05) is 37.4 Å². The Morgan fingerprint density at radius 1 is 1.10 bits per heavy atom. The Hall–Kier alpha value is -2.77. The number of hydrogen-bond acceptors (Lipinski definition) is 6. The number of imide groups is 1. The SMILES string of the molecule is CC(C)(C)OC(=O)N1CCC(CCNc2ccc(NC3CCC(=O)NC3=O)cc2)CC1. The van der Waals surface area contributed by atoms with Gasteiger partial charge in [-0.05, 0) is 76.6 Å². The number of rotatable bonds is 6. The summed E-state index contributed by atoms with van der Waals surface area (Å²) in [5, 5.41) is 8.98. The van der Waals surface area contributed by atoms with Crippen molar-refractivity contribution in [2.45, 2.75) is 64.5 Å². The van der Waals surface area contributed by atoms with Crippen molar-refractivity contribution in [1.82, 2.24) is 10.2 Å². The van der Waals surface area contributed by atoms with E-state index in [1.807, 2.05) is 49.9 Å². The fourth-order valence-electron chi connectivity index (χ4n) is 3.87. The zero-order chi connectivity index (χ0) is 22.4. The van der Waals surface area contributed by atoms with Crippen LogP contribution in [-0.2, 0) is 14.3 Å². The summed E-state index contributed by atoms with van der Waals surface area (Å²) in [4.78, 5) is 37.0. The molecule has 3 rings (SSSR count). The van der Waals surface area contributed by atoms with Gasteiger partial charge < -0.3 is 20.3 Å². The number of anilines is 2. The third-order valence-corrected chi connectivity index (χ3v) is 5.61. The van der Waals surface area contributed by atoms with Crippen LogP contribution in [0.15, 0.2) is 24.3 Å². The van der Waals surface area contributed by atoms with E-state index in [0.29, 0.717) is 18.8 Å². The Morgan fingerprint density at radius 3 is 2.35 bits per heavy atom. The van der Waals surface area contributed by atoms with Gasteiger partial charge in [-0.3, -0.25) is 14.9 Å². The molecule has 0 radical (unpaired) electrons. The molecule has 0 bridgehead atoms. The van der Waals surface area contributed by atoms with Crippen LogP contribution >= 0.6 is 0 Å². The van der Waals surface area contributed by atoms with Crippen molar-refractivity contribution in [3.8, 4) is 0 Å². The molecule has 0 saturated carbocycles. The lowest BCUT2D eigenvalue weighted by Crippen LogP contribution is -2.47. The van der Waals surface area contributed by atoms with Crippen molar-refractivity contribution in [3.63, 3.8) is 0 Å². The minimum absolute atomic E-state index is 0.210. The molecule has 2 heterocycles. The van der Waals surface area contributed by atoms with Gasteiger partial charge in [-0.2, -0.15) is 0 Å². The number of likely N-dealkylation sites (tertiary alicyclic amines) is 1. The lowest BCUT2D eigenvalue weighted by Gasteiger charge is -2.33. The summed E-state index contributed by atoms with van der Waals surface area (Å²) in [7, 11) is 0. The van der Waals surface area contributed by atoms with Gasteiger partial charge in [0.25, 0.3) is 0 Å². The molecule has 8 nitrogen and oxygen atoms in total. The second kappa shape index (κ2) is 10.0. The number of nitrogens with zero attached hydrogens (tertiary/aromatic N) is 1. The largest absolute Gasteiger partial charge is 0.444 e. The molecule has 0 spiro atoms. The second-order valence-electron chi connectivity index (χ2n) is 9.35. The summed E-state index contributed by atoms with van der Waals surface area (Å²) in [6, 6.07) is 7.47. The normalized spacial score (nSPS) is 20.2. The molecular formula is C23H34N4O4. The molecule has 1 unspecified atom stereocenters. The first-order valence-electron chi connectivity index (χ1n) is 11.1. The number of carbonyl (C=O) groups excluding carboxylic acids is 3. The van der Waals surface area contributed by atoms with Crippen molar-refractivity contribution in [2.75, 3.05) is 30.3 Å². The zero-order valence-electron chi connectivity index (χ0n) is 18.7. The van der Waals surface area contributed by atoms with Crippen LogP contribution in [0.3, 0.4) is 0 Å². The van der Waals surface area contributed by atoms with Crippen molar-refractivity contribution in [1.29, 1.82) is 0 Å². The summed E-state index contributed by atoms with van der Waals surface area (Å²) >= 11 is 0. The third kappa shape index (κ3) is 7.15. The molecule has 0 aliphatic carbocycles. The molecule has 2 saturated heterocycles. The number of amides is 3. The van der Waals surface area contributed by atoms with E-state index >= 15 is 0 Å². The van der Waals surface area contributed by atoms with Crippen molar-refractivity contribution in [3.05, 3.63) is 24.3 Å². The number of carbonyl (C=O) groups is 3. The molecule has 1 aromatic carbocycles. The molecule has 170 valence electrons. The second-order valence-corrected chi connectivity index (χ2v) is 9.35. The number of benzene rings is 1. The predicted octanol–water partition coefficient (Wildman–Crippen LogP) is 3.35. The van der Waals surface area contributed by atoms with E-state index in [2.05, 4.69) is 16.0 Å². The Morgan fingerprint density at radius 2 is 1.74 bits per heavy atom. The standard InChI is InChI=1S/C23H34N4O4/c1-23(2,3)31-22(30)27-14-11-16(12-15-27)10-13-24-17-4-6-18(7-5-17)25-19-8-9-20(28)26-21(19)29/h4-7,16,19,24-25H,8-15H2,1-3H3,(H,26,28,29). The monoisotopic (exact) mass is 430 g/mol. The van der Waals surface area contributed by atoms with E-state index in [9.17, 15) is 14.4 Å². The smallest absolute Gasteiger partial charge is 0.410 e. The predicted molar refractivity (Wildman–Crippen MR) is 120 cm³/mol. The topological polar surface area (TPSA) is 99.8 Å². The van der Waals surface area contributed by atoms with Gasteiger partial charge >= 0.3 is 6.09 Å². The highest BCUT2D eigenvalue weighted by atomic mass is 16.6. The third-order valence-electron chi connectivity index (χ3n) is 5.61. The minimum atomic E-state index is -0.454. The first kappa shape index (κ1) is 22.9. The van der Waals surface area contributed by atoms with E-state index in [1.165, 1.54) is 0 Å². The molecule has 31 heavy (non-hydrogen) atoms. The molecule has 2 aliphatic heterocycles. The summed E-state index contributed by atoms with van der Waals surface area (Å²) in [5.74, 6) is 0.119. The molecule has 2 aliphatic rings. The van der Waals surface area contributed by atoms with Gasteiger partial charge in [0.15, 0.2) is 0 Å². The zero-order valence-corrected chi connectivity index (χ0v) is 18.7. The van der Waals surface area contributed by atoms with Crippen molar-refractivity contribution < 1.29 is 19.1 Å². The Balaban J connectivity index is 1.35. The lowest BCUT2D eigenvalue weighted by atomic mass is 9.94. The Bertz CT molecular complexity index is 780. The lowest BCUT2D eigenvalue weighted by molar-refractivity contribution is -0.133. The maximum atomic E-state index is 12.2. The molecular weight excluding hydrogens is 396 g/mol. The van der Waals surface area contributed by atoms with Gasteiger partial charge in [0.05, 0.1) is 0 Å². The van der Waals surface area contributed by atoms with E-state index in [0.717, 1.165) is 50.3 Å². The fourth-order valence-corrected chi connectivity index (χ4v) is 3.87. The van der Waals surface area contributed by atoms with Crippen molar-refractivity contribution >= 4 is 29.3 Å².